The summed E-state index contributed by atoms with van der Waals surface area (Å²) in [5.74, 6) is 0.638. The second kappa shape index (κ2) is 5.88. The molecule has 120 valence electrons. The molecule has 4 heteroatoms. The normalized spacial score (nSPS) is 40.7. The van der Waals surface area contributed by atoms with E-state index in [4.69, 9.17) is 0 Å². The first kappa shape index (κ1) is 15.3. The van der Waals surface area contributed by atoms with Gasteiger partial charge in [0.05, 0.1) is 11.0 Å². The van der Waals surface area contributed by atoms with Gasteiger partial charge in [-0.25, -0.2) is 0 Å². The largest absolute Gasteiger partial charge is 0.389 e. The van der Waals surface area contributed by atoms with E-state index in [-0.39, 0.29) is 5.41 Å². The van der Waals surface area contributed by atoms with Gasteiger partial charge in [0.1, 0.15) is 0 Å². The number of rotatable bonds is 2. The van der Waals surface area contributed by atoms with E-state index in [0.717, 1.165) is 71.1 Å². The molecular formula is C17H30N2O2. The molecule has 0 bridgehead atoms. The minimum atomic E-state index is -0.487. The maximum absolute atomic E-state index is 13.1. The van der Waals surface area contributed by atoms with Gasteiger partial charge in [-0.15, -0.1) is 0 Å². The monoisotopic (exact) mass is 294 g/mol. The Morgan fingerprint density at radius 2 is 2.14 bits per heavy atom. The van der Waals surface area contributed by atoms with Crippen LogP contribution >= 0.6 is 0 Å². The summed E-state index contributed by atoms with van der Waals surface area (Å²) in [4.78, 5) is 15.2. The van der Waals surface area contributed by atoms with E-state index in [2.05, 4.69) is 17.1 Å². The number of amides is 1. The molecule has 3 aliphatic rings. The summed E-state index contributed by atoms with van der Waals surface area (Å²) < 4.78 is 0. The van der Waals surface area contributed by atoms with E-state index in [9.17, 15) is 9.90 Å². The molecule has 2 saturated heterocycles. The number of piperidine rings is 2. The van der Waals surface area contributed by atoms with Crippen LogP contribution in [0.4, 0.5) is 0 Å². The van der Waals surface area contributed by atoms with Crippen molar-refractivity contribution in [3.05, 3.63) is 0 Å². The van der Waals surface area contributed by atoms with Gasteiger partial charge in [0.25, 0.3) is 0 Å². The van der Waals surface area contributed by atoms with Crippen molar-refractivity contribution in [1.82, 2.24) is 10.2 Å². The Hall–Kier alpha value is -0.610. The summed E-state index contributed by atoms with van der Waals surface area (Å²) in [6.07, 6.45) is 8.17. The molecule has 3 rings (SSSR count). The number of hydrogen-bond donors (Lipinski definition) is 2. The van der Waals surface area contributed by atoms with Gasteiger partial charge in [0.15, 0.2) is 0 Å². The van der Waals surface area contributed by atoms with E-state index < -0.39 is 5.60 Å². The SMILES string of the molecule is CCC1(C(=O)N2CCC3(O)CCCCC3C2)CCCNC1. The van der Waals surface area contributed by atoms with Crippen LogP contribution in [-0.4, -0.2) is 47.7 Å². The standard InChI is InChI=1S/C17H30N2O2/c1-2-16(7-5-10-18-13-16)15(20)19-11-9-17(21)8-4-3-6-14(17)12-19/h14,18,21H,2-13H2,1H3. The highest BCUT2D eigenvalue weighted by Gasteiger charge is 2.47. The molecule has 1 saturated carbocycles. The molecule has 0 spiro atoms. The van der Waals surface area contributed by atoms with E-state index in [1.54, 1.807) is 0 Å². The number of carbonyl (C=O) groups excluding carboxylic acids is 1. The fourth-order valence-corrected chi connectivity index (χ4v) is 4.69. The zero-order valence-electron chi connectivity index (χ0n) is 13.4. The van der Waals surface area contributed by atoms with Crippen LogP contribution in [0.5, 0.6) is 0 Å². The Labute approximate surface area is 128 Å². The number of nitrogens with zero attached hydrogens (tertiary/aromatic N) is 1. The molecule has 0 radical (unpaired) electrons. The van der Waals surface area contributed by atoms with Crippen molar-refractivity contribution >= 4 is 5.91 Å². The Morgan fingerprint density at radius 1 is 1.29 bits per heavy atom. The predicted octanol–water partition coefficient (Wildman–Crippen LogP) is 1.92. The van der Waals surface area contributed by atoms with Crippen molar-refractivity contribution in [2.24, 2.45) is 11.3 Å². The van der Waals surface area contributed by atoms with Crippen LogP contribution in [0.25, 0.3) is 0 Å². The Kier molecular flexibility index (Phi) is 4.28. The lowest BCUT2D eigenvalue weighted by molar-refractivity contribution is -0.154. The number of hydrogen-bond acceptors (Lipinski definition) is 3. The van der Waals surface area contributed by atoms with E-state index in [1.165, 1.54) is 6.42 Å². The van der Waals surface area contributed by atoms with Gasteiger partial charge in [-0.1, -0.05) is 19.8 Å². The van der Waals surface area contributed by atoms with Crippen molar-refractivity contribution in [2.75, 3.05) is 26.2 Å². The van der Waals surface area contributed by atoms with Crippen molar-refractivity contribution in [2.45, 2.75) is 63.9 Å². The van der Waals surface area contributed by atoms with Crippen LogP contribution < -0.4 is 5.32 Å². The summed E-state index contributed by atoms with van der Waals surface area (Å²) in [7, 11) is 0. The average molecular weight is 294 g/mol. The fraction of sp³-hybridized carbons (Fsp3) is 0.941. The van der Waals surface area contributed by atoms with Crippen molar-refractivity contribution < 1.29 is 9.90 Å². The van der Waals surface area contributed by atoms with Crippen LogP contribution in [0.1, 0.15) is 58.3 Å². The van der Waals surface area contributed by atoms with Gasteiger partial charge < -0.3 is 15.3 Å². The molecule has 2 heterocycles. The molecule has 3 fully saturated rings. The highest BCUT2D eigenvalue weighted by atomic mass is 16.3. The third-order valence-electron chi connectivity index (χ3n) is 6.32. The zero-order chi connectivity index (χ0) is 14.9. The minimum Gasteiger partial charge on any atom is -0.389 e. The molecule has 3 unspecified atom stereocenters. The summed E-state index contributed by atoms with van der Waals surface area (Å²) in [6.45, 7) is 5.53. The molecule has 2 N–H and O–H groups in total. The zero-order valence-corrected chi connectivity index (χ0v) is 13.4. The highest BCUT2D eigenvalue weighted by Crippen LogP contribution is 2.41. The molecule has 0 aromatic heterocycles. The Bertz CT molecular complexity index is 392. The Balaban J connectivity index is 1.70. The topological polar surface area (TPSA) is 52.6 Å². The first-order chi connectivity index (χ1) is 10.1. The van der Waals surface area contributed by atoms with Crippen LogP contribution in [0, 0.1) is 11.3 Å². The van der Waals surface area contributed by atoms with E-state index in [1.807, 2.05) is 0 Å². The summed E-state index contributed by atoms with van der Waals surface area (Å²) in [5.41, 5.74) is -0.679. The second-order valence-corrected chi connectivity index (χ2v) is 7.46. The van der Waals surface area contributed by atoms with Gasteiger partial charge in [-0.2, -0.15) is 0 Å². The molecular weight excluding hydrogens is 264 g/mol. The third kappa shape index (κ3) is 2.72. The Morgan fingerprint density at radius 3 is 2.86 bits per heavy atom. The summed E-state index contributed by atoms with van der Waals surface area (Å²) in [6, 6.07) is 0. The van der Waals surface area contributed by atoms with E-state index in [0.29, 0.717) is 11.8 Å². The van der Waals surface area contributed by atoms with Crippen molar-refractivity contribution in [1.29, 1.82) is 0 Å². The molecule has 1 amide bonds. The summed E-state index contributed by atoms with van der Waals surface area (Å²) >= 11 is 0. The molecule has 4 nitrogen and oxygen atoms in total. The molecule has 21 heavy (non-hydrogen) atoms. The maximum Gasteiger partial charge on any atom is 0.230 e. The van der Waals surface area contributed by atoms with Gasteiger partial charge in [0.2, 0.25) is 5.91 Å². The second-order valence-electron chi connectivity index (χ2n) is 7.46. The van der Waals surface area contributed by atoms with Gasteiger partial charge in [-0.3, -0.25) is 4.79 Å². The third-order valence-corrected chi connectivity index (χ3v) is 6.32. The quantitative estimate of drug-likeness (QED) is 0.818. The molecule has 2 aliphatic heterocycles. The smallest absolute Gasteiger partial charge is 0.230 e. The van der Waals surface area contributed by atoms with Gasteiger partial charge in [0, 0.05) is 25.6 Å². The lowest BCUT2D eigenvalue weighted by atomic mass is 9.70. The van der Waals surface area contributed by atoms with Crippen LogP contribution in [0.15, 0.2) is 0 Å². The van der Waals surface area contributed by atoms with Crippen LogP contribution in [0.3, 0.4) is 0 Å². The fourth-order valence-electron chi connectivity index (χ4n) is 4.69. The predicted molar refractivity (Wildman–Crippen MR) is 82.9 cm³/mol. The lowest BCUT2D eigenvalue weighted by Crippen LogP contribution is -2.59. The molecule has 0 aromatic rings. The van der Waals surface area contributed by atoms with Crippen LogP contribution in [-0.2, 0) is 4.79 Å². The van der Waals surface area contributed by atoms with Crippen molar-refractivity contribution in [3.63, 3.8) is 0 Å². The van der Waals surface area contributed by atoms with E-state index >= 15 is 0 Å². The number of fused-ring (bicyclic) bond motifs is 1. The van der Waals surface area contributed by atoms with Gasteiger partial charge in [-0.05, 0) is 45.1 Å². The number of aliphatic hydroxyl groups is 1. The minimum absolute atomic E-state index is 0.192. The molecule has 1 aliphatic carbocycles. The van der Waals surface area contributed by atoms with Crippen molar-refractivity contribution in [3.8, 4) is 0 Å². The molecule has 3 atom stereocenters. The number of nitrogens with one attached hydrogen (secondary N) is 1. The average Bonchev–Trinajstić information content (AvgIpc) is 2.54. The number of likely N-dealkylation sites (tertiary alicyclic amines) is 1. The number of carbonyl (C=O) groups is 1. The molecule has 0 aromatic carbocycles. The first-order valence-electron chi connectivity index (χ1n) is 8.82. The highest BCUT2D eigenvalue weighted by molar-refractivity contribution is 5.83. The van der Waals surface area contributed by atoms with Gasteiger partial charge >= 0.3 is 0 Å². The summed E-state index contributed by atoms with van der Waals surface area (Å²) in [5, 5.41) is 14.2. The van der Waals surface area contributed by atoms with Crippen LogP contribution in [0.2, 0.25) is 0 Å². The maximum atomic E-state index is 13.1. The first-order valence-corrected chi connectivity index (χ1v) is 8.82. The lowest BCUT2D eigenvalue weighted by Gasteiger charge is -2.49.